The number of benzene rings is 1. The normalized spacial score (nSPS) is 14.8. The number of carbonyl (C=O) groups is 2. The molecule has 2 amide bonds. The van der Waals surface area contributed by atoms with Crippen molar-refractivity contribution in [2.24, 2.45) is 5.92 Å². The first-order chi connectivity index (χ1) is 15.5. The lowest BCUT2D eigenvalue weighted by Gasteiger charge is -2.35. The molecule has 1 aromatic heterocycles. The topological polar surface area (TPSA) is 58.4 Å². The molecule has 1 aliphatic heterocycles. The van der Waals surface area contributed by atoms with E-state index in [-0.39, 0.29) is 18.2 Å². The number of alkyl halides is 3. The van der Waals surface area contributed by atoms with Crippen molar-refractivity contribution in [3.05, 3.63) is 46.8 Å². The summed E-state index contributed by atoms with van der Waals surface area (Å²) in [5, 5.41) is 4.40. The van der Waals surface area contributed by atoms with Gasteiger partial charge >= 0.3 is 6.18 Å². The van der Waals surface area contributed by atoms with Crippen molar-refractivity contribution in [3.8, 4) is 5.69 Å². The minimum Gasteiger partial charge on any atom is -0.339 e. The van der Waals surface area contributed by atoms with Crippen LogP contribution < -0.4 is 0 Å². The number of nitrogens with zero attached hydrogens (tertiary/aromatic N) is 4. The monoisotopic (exact) mass is 464 g/mol. The van der Waals surface area contributed by atoms with Crippen molar-refractivity contribution in [3.63, 3.8) is 0 Å². The second kappa shape index (κ2) is 9.97. The van der Waals surface area contributed by atoms with Crippen molar-refractivity contribution < 1.29 is 22.8 Å². The molecule has 0 spiro atoms. The van der Waals surface area contributed by atoms with Crippen LogP contribution in [0.2, 0.25) is 0 Å². The van der Waals surface area contributed by atoms with Crippen molar-refractivity contribution in [2.75, 3.05) is 26.2 Å². The minimum atomic E-state index is -4.44. The fourth-order valence-electron chi connectivity index (χ4n) is 4.03. The molecule has 1 aromatic carbocycles. The van der Waals surface area contributed by atoms with Gasteiger partial charge in [0.1, 0.15) is 0 Å². The van der Waals surface area contributed by atoms with Gasteiger partial charge in [-0.2, -0.15) is 18.3 Å². The van der Waals surface area contributed by atoms with Crippen LogP contribution in [-0.2, 0) is 22.2 Å². The lowest BCUT2D eigenvalue weighted by molar-refractivity contribution is -0.139. The Morgan fingerprint density at radius 2 is 1.64 bits per heavy atom. The van der Waals surface area contributed by atoms with Crippen molar-refractivity contribution in [1.29, 1.82) is 0 Å². The van der Waals surface area contributed by atoms with E-state index >= 15 is 0 Å². The lowest BCUT2D eigenvalue weighted by atomic mass is 10.1. The molecular formula is C24H31F3N4O2. The summed E-state index contributed by atoms with van der Waals surface area (Å²) in [4.78, 5) is 28.8. The molecule has 2 aromatic rings. The van der Waals surface area contributed by atoms with Gasteiger partial charge in [0.2, 0.25) is 11.8 Å². The highest BCUT2D eigenvalue weighted by atomic mass is 19.4. The average Bonchev–Trinajstić information content (AvgIpc) is 3.05. The molecule has 0 bridgehead atoms. The van der Waals surface area contributed by atoms with Gasteiger partial charge in [0.25, 0.3) is 0 Å². The Morgan fingerprint density at radius 1 is 1.03 bits per heavy atom. The molecule has 0 aliphatic carbocycles. The predicted molar refractivity (Wildman–Crippen MR) is 119 cm³/mol. The SMILES string of the molecule is Cc1nn(-c2cccc(C(F)(F)F)c2)c(C)c1CC(=O)N1CCN(C(=O)CCC(C)C)CC1. The van der Waals surface area contributed by atoms with Gasteiger partial charge in [0.05, 0.1) is 23.4 Å². The molecule has 6 nitrogen and oxygen atoms in total. The number of halogens is 3. The van der Waals surface area contributed by atoms with E-state index < -0.39 is 11.7 Å². The molecule has 3 rings (SSSR count). The maximum atomic E-state index is 13.1. The number of amides is 2. The van der Waals surface area contributed by atoms with Crippen LogP contribution in [0.4, 0.5) is 13.2 Å². The maximum Gasteiger partial charge on any atom is 0.416 e. The molecule has 9 heteroatoms. The average molecular weight is 465 g/mol. The van der Waals surface area contributed by atoms with Gasteiger partial charge in [-0.15, -0.1) is 0 Å². The summed E-state index contributed by atoms with van der Waals surface area (Å²) in [6.07, 6.45) is -2.94. The van der Waals surface area contributed by atoms with E-state index in [2.05, 4.69) is 18.9 Å². The smallest absolute Gasteiger partial charge is 0.339 e. The summed E-state index contributed by atoms with van der Waals surface area (Å²) in [5.74, 6) is 0.532. The molecule has 1 fully saturated rings. The van der Waals surface area contributed by atoms with E-state index in [1.165, 1.54) is 10.7 Å². The molecule has 1 saturated heterocycles. The van der Waals surface area contributed by atoms with Crippen molar-refractivity contribution in [1.82, 2.24) is 19.6 Å². The fourth-order valence-corrected chi connectivity index (χ4v) is 4.03. The maximum absolute atomic E-state index is 13.1. The van der Waals surface area contributed by atoms with Gasteiger partial charge in [-0.1, -0.05) is 19.9 Å². The van der Waals surface area contributed by atoms with E-state index in [1.807, 2.05) is 4.90 Å². The summed E-state index contributed by atoms with van der Waals surface area (Å²) in [7, 11) is 0. The standard InChI is InChI=1S/C24H31F3N4O2/c1-16(2)8-9-22(32)29-10-12-30(13-11-29)23(33)15-21-17(3)28-31(18(21)4)20-7-5-6-19(14-20)24(25,26)27/h5-7,14,16H,8-13,15H2,1-4H3. The summed E-state index contributed by atoms with van der Waals surface area (Å²) < 4.78 is 40.8. The molecule has 1 aliphatic rings. The molecule has 2 heterocycles. The Kier molecular flexibility index (Phi) is 7.49. The molecule has 0 radical (unpaired) electrons. The highest BCUT2D eigenvalue weighted by Gasteiger charge is 2.31. The lowest BCUT2D eigenvalue weighted by Crippen LogP contribution is -2.51. The fraction of sp³-hybridized carbons (Fsp3) is 0.542. The molecule has 180 valence electrons. The van der Waals surface area contributed by atoms with E-state index in [9.17, 15) is 22.8 Å². The number of piperazine rings is 1. The second-order valence-electron chi connectivity index (χ2n) is 8.98. The number of hydrogen-bond donors (Lipinski definition) is 0. The van der Waals surface area contributed by atoms with E-state index in [0.29, 0.717) is 61.2 Å². The summed E-state index contributed by atoms with van der Waals surface area (Å²) >= 11 is 0. The first-order valence-corrected chi connectivity index (χ1v) is 11.3. The third-order valence-corrected chi connectivity index (χ3v) is 6.11. The number of rotatable bonds is 6. The summed E-state index contributed by atoms with van der Waals surface area (Å²) in [6, 6.07) is 4.99. The van der Waals surface area contributed by atoms with Crippen LogP contribution in [0.1, 0.15) is 49.2 Å². The largest absolute Gasteiger partial charge is 0.416 e. The molecule has 0 unspecified atom stereocenters. The molecule has 33 heavy (non-hydrogen) atoms. The van der Waals surface area contributed by atoms with Crippen LogP contribution in [0, 0.1) is 19.8 Å². The Bertz CT molecular complexity index is 1010. The van der Waals surface area contributed by atoms with Crippen molar-refractivity contribution in [2.45, 2.75) is 53.1 Å². The molecule has 0 saturated carbocycles. The van der Waals surface area contributed by atoms with E-state index in [4.69, 9.17) is 0 Å². The number of aromatic nitrogens is 2. The van der Waals surface area contributed by atoms with Gasteiger partial charge in [-0.25, -0.2) is 4.68 Å². The van der Waals surface area contributed by atoms with Crippen LogP contribution in [0.5, 0.6) is 0 Å². The zero-order chi connectivity index (χ0) is 24.3. The van der Waals surface area contributed by atoms with Gasteiger partial charge in [-0.3, -0.25) is 9.59 Å². The Morgan fingerprint density at radius 3 is 2.21 bits per heavy atom. The van der Waals surface area contributed by atoms with Crippen LogP contribution >= 0.6 is 0 Å². The quantitative estimate of drug-likeness (QED) is 0.645. The molecule has 0 N–H and O–H groups in total. The first kappa shape index (κ1) is 24.8. The van der Waals surface area contributed by atoms with E-state index in [0.717, 1.165) is 18.6 Å². The number of hydrogen-bond acceptors (Lipinski definition) is 3. The van der Waals surface area contributed by atoms with Crippen LogP contribution in [0.15, 0.2) is 24.3 Å². The number of carbonyl (C=O) groups excluding carboxylic acids is 2. The van der Waals surface area contributed by atoms with Crippen LogP contribution in [-0.4, -0.2) is 57.6 Å². The van der Waals surface area contributed by atoms with E-state index in [1.54, 1.807) is 24.8 Å². The summed E-state index contributed by atoms with van der Waals surface area (Å²) in [5.41, 5.74) is 1.53. The van der Waals surface area contributed by atoms with Gasteiger partial charge in [-0.05, 0) is 44.4 Å². The van der Waals surface area contributed by atoms with Gasteiger partial charge < -0.3 is 9.80 Å². The highest BCUT2D eigenvalue weighted by Crippen LogP contribution is 2.31. The Balaban J connectivity index is 1.66. The zero-order valence-corrected chi connectivity index (χ0v) is 19.6. The first-order valence-electron chi connectivity index (χ1n) is 11.3. The molecular weight excluding hydrogens is 433 g/mol. The third kappa shape index (κ3) is 5.94. The third-order valence-electron chi connectivity index (χ3n) is 6.11. The van der Waals surface area contributed by atoms with Gasteiger partial charge in [0.15, 0.2) is 0 Å². The highest BCUT2D eigenvalue weighted by molar-refractivity contribution is 5.80. The second-order valence-corrected chi connectivity index (χ2v) is 8.98. The molecule has 0 atom stereocenters. The van der Waals surface area contributed by atoms with Crippen molar-refractivity contribution >= 4 is 11.8 Å². The number of aryl methyl sites for hydroxylation is 1. The minimum absolute atomic E-state index is 0.0703. The van der Waals surface area contributed by atoms with Crippen LogP contribution in [0.3, 0.4) is 0 Å². The predicted octanol–water partition coefficient (Wildman–Crippen LogP) is 4.16. The summed E-state index contributed by atoms with van der Waals surface area (Å²) in [6.45, 7) is 9.68. The Labute approximate surface area is 192 Å². The Hall–Kier alpha value is -2.84. The van der Waals surface area contributed by atoms with Crippen LogP contribution in [0.25, 0.3) is 5.69 Å². The van der Waals surface area contributed by atoms with Gasteiger partial charge in [0, 0.05) is 43.9 Å². The zero-order valence-electron chi connectivity index (χ0n) is 19.6.